The Morgan fingerprint density at radius 2 is 1.88 bits per heavy atom. The number of hydrogen-bond acceptors (Lipinski definition) is 5. The van der Waals surface area contributed by atoms with E-state index in [4.69, 9.17) is 4.74 Å². The molecule has 0 aliphatic rings. The number of carbonyl (C=O) groups is 2. The average molecular weight is 378 g/mol. The van der Waals surface area contributed by atoms with Gasteiger partial charge in [-0.15, -0.1) is 0 Å². The van der Waals surface area contributed by atoms with Crippen molar-refractivity contribution in [3.8, 4) is 0 Å². The lowest BCUT2D eigenvalue weighted by Crippen LogP contribution is -2.15. The van der Waals surface area contributed by atoms with Crippen molar-refractivity contribution < 1.29 is 22.7 Å². The predicted octanol–water partition coefficient (Wildman–Crippen LogP) is 2.82. The molecule has 26 heavy (non-hydrogen) atoms. The number of Topliss-reactive ketones (excluding diaryl/α,β-unsaturated/α-hetero) is 1. The first-order valence-corrected chi connectivity index (χ1v) is 9.55. The van der Waals surface area contributed by atoms with E-state index in [1.165, 1.54) is 17.6 Å². The third kappa shape index (κ3) is 3.65. The molecule has 1 aromatic carbocycles. The molecule has 1 aromatic heterocycles. The van der Waals surface area contributed by atoms with Crippen LogP contribution in [0.5, 0.6) is 0 Å². The Morgan fingerprint density at radius 1 is 1.23 bits per heavy atom. The standard InChI is InChI=1S/C18H22N2O5S/c1-6-25-18(22)16-11(2)17(12(3)20(16)5)26(23,24)19-15-9-7-8-14(10-15)13(4)21/h7-10,19H,6H2,1-5H3. The maximum atomic E-state index is 12.9. The van der Waals surface area contributed by atoms with Crippen LogP contribution in [-0.2, 0) is 21.8 Å². The van der Waals surface area contributed by atoms with Crippen molar-refractivity contribution in [2.75, 3.05) is 11.3 Å². The van der Waals surface area contributed by atoms with Crippen molar-refractivity contribution in [3.63, 3.8) is 0 Å². The van der Waals surface area contributed by atoms with E-state index in [9.17, 15) is 18.0 Å². The van der Waals surface area contributed by atoms with Crippen LogP contribution in [0.25, 0.3) is 0 Å². The Kier molecular flexibility index (Phi) is 5.56. The van der Waals surface area contributed by atoms with E-state index < -0.39 is 16.0 Å². The van der Waals surface area contributed by atoms with Crippen LogP contribution in [0.2, 0.25) is 0 Å². The Balaban J connectivity index is 2.50. The maximum absolute atomic E-state index is 12.9. The van der Waals surface area contributed by atoms with Gasteiger partial charge in [-0.2, -0.15) is 0 Å². The second-order valence-corrected chi connectivity index (χ2v) is 7.53. The van der Waals surface area contributed by atoms with Crippen LogP contribution in [-0.4, -0.2) is 31.3 Å². The van der Waals surface area contributed by atoms with Gasteiger partial charge in [0, 0.05) is 29.6 Å². The fourth-order valence-electron chi connectivity index (χ4n) is 2.84. The molecule has 0 bridgehead atoms. The molecule has 0 saturated heterocycles. The molecule has 0 atom stereocenters. The number of rotatable bonds is 6. The van der Waals surface area contributed by atoms with Gasteiger partial charge < -0.3 is 9.30 Å². The molecule has 140 valence electrons. The van der Waals surface area contributed by atoms with Gasteiger partial charge in [-0.1, -0.05) is 12.1 Å². The average Bonchev–Trinajstić information content (AvgIpc) is 2.77. The Bertz CT molecular complexity index is 974. The van der Waals surface area contributed by atoms with Crippen molar-refractivity contribution in [3.05, 3.63) is 46.8 Å². The molecule has 0 unspecified atom stereocenters. The lowest BCUT2D eigenvalue weighted by atomic mass is 10.1. The number of sulfonamides is 1. The lowest BCUT2D eigenvalue weighted by Gasteiger charge is -2.10. The number of nitrogens with zero attached hydrogens (tertiary/aromatic N) is 1. The zero-order chi connectivity index (χ0) is 19.6. The highest BCUT2D eigenvalue weighted by atomic mass is 32.2. The van der Waals surface area contributed by atoms with Crippen LogP contribution in [0.4, 0.5) is 5.69 Å². The minimum atomic E-state index is -3.96. The van der Waals surface area contributed by atoms with Crippen molar-refractivity contribution in [1.82, 2.24) is 4.57 Å². The van der Waals surface area contributed by atoms with Crippen molar-refractivity contribution in [1.29, 1.82) is 0 Å². The zero-order valence-electron chi connectivity index (χ0n) is 15.4. The van der Waals surface area contributed by atoms with Crippen LogP contribution < -0.4 is 4.72 Å². The van der Waals surface area contributed by atoms with Crippen LogP contribution in [0.15, 0.2) is 29.2 Å². The number of esters is 1. The molecular formula is C18H22N2O5S. The van der Waals surface area contributed by atoms with E-state index in [1.807, 2.05) is 0 Å². The molecule has 0 radical (unpaired) electrons. The van der Waals surface area contributed by atoms with Gasteiger partial charge in [-0.05, 0) is 39.8 Å². The number of ketones is 1. The molecule has 2 aromatic rings. The van der Waals surface area contributed by atoms with Crippen molar-refractivity contribution in [2.24, 2.45) is 7.05 Å². The summed E-state index contributed by atoms with van der Waals surface area (Å²) in [6.07, 6.45) is 0. The minimum Gasteiger partial charge on any atom is -0.461 e. The Morgan fingerprint density at radius 3 is 2.46 bits per heavy atom. The molecule has 7 nitrogen and oxygen atoms in total. The summed E-state index contributed by atoms with van der Waals surface area (Å²) in [5.41, 5.74) is 1.61. The van der Waals surface area contributed by atoms with E-state index in [0.717, 1.165) is 0 Å². The van der Waals surface area contributed by atoms with E-state index >= 15 is 0 Å². The molecule has 8 heteroatoms. The predicted molar refractivity (Wildman–Crippen MR) is 98.1 cm³/mol. The number of carbonyl (C=O) groups excluding carboxylic acids is 2. The number of anilines is 1. The van der Waals surface area contributed by atoms with Gasteiger partial charge in [0.25, 0.3) is 10.0 Å². The highest BCUT2D eigenvalue weighted by molar-refractivity contribution is 7.92. The highest BCUT2D eigenvalue weighted by Gasteiger charge is 2.29. The van der Waals surface area contributed by atoms with Gasteiger partial charge in [-0.25, -0.2) is 13.2 Å². The topological polar surface area (TPSA) is 94.5 Å². The summed E-state index contributed by atoms with van der Waals surface area (Å²) in [5, 5.41) is 0. The molecule has 1 heterocycles. The normalized spacial score (nSPS) is 11.3. The van der Waals surface area contributed by atoms with E-state index in [2.05, 4.69) is 4.72 Å². The number of hydrogen-bond donors (Lipinski definition) is 1. The van der Waals surface area contributed by atoms with E-state index in [-0.39, 0.29) is 28.7 Å². The van der Waals surface area contributed by atoms with Crippen molar-refractivity contribution >= 4 is 27.5 Å². The highest BCUT2D eigenvalue weighted by Crippen LogP contribution is 2.28. The van der Waals surface area contributed by atoms with Crippen LogP contribution in [0.1, 0.15) is 46.0 Å². The first-order chi connectivity index (χ1) is 12.1. The van der Waals surface area contributed by atoms with Gasteiger partial charge in [0.1, 0.15) is 10.6 Å². The Labute approximate surface area is 153 Å². The van der Waals surface area contributed by atoms with Gasteiger partial charge >= 0.3 is 5.97 Å². The quantitative estimate of drug-likeness (QED) is 0.616. The van der Waals surface area contributed by atoms with Crippen molar-refractivity contribution in [2.45, 2.75) is 32.6 Å². The van der Waals surface area contributed by atoms with E-state index in [1.54, 1.807) is 46.0 Å². The molecule has 1 N–H and O–H groups in total. The van der Waals surface area contributed by atoms with Crippen LogP contribution >= 0.6 is 0 Å². The molecule has 0 fully saturated rings. The number of ether oxygens (including phenoxy) is 1. The summed E-state index contributed by atoms with van der Waals surface area (Å²) < 4.78 is 34.8. The first kappa shape index (κ1) is 19.7. The minimum absolute atomic E-state index is 0.0243. The largest absolute Gasteiger partial charge is 0.461 e. The molecule has 2 rings (SSSR count). The third-order valence-electron chi connectivity index (χ3n) is 4.12. The summed E-state index contributed by atoms with van der Waals surface area (Å²) in [4.78, 5) is 23.7. The number of nitrogens with one attached hydrogen (secondary N) is 1. The summed E-state index contributed by atoms with van der Waals surface area (Å²) in [6.45, 7) is 6.48. The summed E-state index contributed by atoms with van der Waals surface area (Å²) in [6, 6.07) is 6.24. The van der Waals surface area contributed by atoms with E-state index in [0.29, 0.717) is 16.8 Å². The van der Waals surface area contributed by atoms with Crippen LogP contribution in [0, 0.1) is 13.8 Å². The third-order valence-corrected chi connectivity index (χ3v) is 5.77. The smallest absolute Gasteiger partial charge is 0.355 e. The molecule has 0 aliphatic heterocycles. The maximum Gasteiger partial charge on any atom is 0.355 e. The Hall–Kier alpha value is -2.61. The molecular weight excluding hydrogens is 356 g/mol. The van der Waals surface area contributed by atoms with Crippen LogP contribution in [0.3, 0.4) is 0 Å². The molecule has 0 saturated carbocycles. The summed E-state index contributed by atoms with van der Waals surface area (Å²) >= 11 is 0. The fraction of sp³-hybridized carbons (Fsp3) is 0.333. The SMILES string of the molecule is CCOC(=O)c1c(C)c(S(=O)(=O)Nc2cccc(C(C)=O)c2)c(C)n1C. The van der Waals surface area contributed by atoms with Gasteiger partial charge in [0.05, 0.1) is 6.61 Å². The first-order valence-electron chi connectivity index (χ1n) is 8.07. The molecule has 0 aliphatic carbocycles. The lowest BCUT2D eigenvalue weighted by molar-refractivity contribution is 0.0514. The summed E-state index contributed by atoms with van der Waals surface area (Å²) in [7, 11) is -2.34. The second kappa shape index (κ2) is 7.33. The molecule has 0 amide bonds. The molecule has 0 spiro atoms. The monoisotopic (exact) mass is 378 g/mol. The number of aromatic nitrogens is 1. The second-order valence-electron chi connectivity index (χ2n) is 5.91. The fourth-order valence-corrected chi connectivity index (χ4v) is 4.41. The van der Waals surface area contributed by atoms with Gasteiger partial charge in [0.2, 0.25) is 0 Å². The van der Waals surface area contributed by atoms with Gasteiger partial charge in [-0.3, -0.25) is 9.52 Å². The van der Waals surface area contributed by atoms with Gasteiger partial charge in [0.15, 0.2) is 5.78 Å². The number of benzene rings is 1. The zero-order valence-corrected chi connectivity index (χ0v) is 16.2. The summed E-state index contributed by atoms with van der Waals surface area (Å²) in [5.74, 6) is -0.738.